The van der Waals surface area contributed by atoms with Crippen molar-refractivity contribution in [2.45, 2.75) is 22.8 Å². The third-order valence-electron chi connectivity index (χ3n) is 3.68. The van der Waals surface area contributed by atoms with Crippen LogP contribution in [-0.4, -0.2) is 43.8 Å². The van der Waals surface area contributed by atoms with Crippen molar-refractivity contribution in [2.75, 3.05) is 17.3 Å². The van der Waals surface area contributed by atoms with E-state index in [0.717, 1.165) is 21.2 Å². The molecule has 0 spiro atoms. The monoisotopic (exact) mass is 439 g/mol. The van der Waals surface area contributed by atoms with Gasteiger partial charge in [0.25, 0.3) is 0 Å². The summed E-state index contributed by atoms with van der Waals surface area (Å²) in [6, 6.07) is 10.4. The van der Waals surface area contributed by atoms with E-state index < -0.39 is 12.7 Å². The second kappa shape index (κ2) is 9.31. The quantitative estimate of drug-likeness (QED) is 0.552. The number of thioether (sulfide) groups is 2. The number of alkyl halides is 3. The summed E-state index contributed by atoms with van der Waals surface area (Å²) in [5.74, 6) is -0.379. The van der Waals surface area contributed by atoms with E-state index in [1.54, 1.807) is 18.2 Å². The van der Waals surface area contributed by atoms with Gasteiger partial charge in [0, 0.05) is 28.5 Å². The average molecular weight is 439 g/mol. The van der Waals surface area contributed by atoms with Gasteiger partial charge in [0.15, 0.2) is 11.0 Å². The van der Waals surface area contributed by atoms with Crippen molar-refractivity contribution in [1.29, 1.82) is 0 Å². The van der Waals surface area contributed by atoms with Crippen molar-refractivity contribution in [1.82, 2.24) is 19.7 Å². The summed E-state index contributed by atoms with van der Waals surface area (Å²) in [5, 5.41) is 10.5. The molecule has 1 N–H and O–H groups in total. The summed E-state index contributed by atoms with van der Waals surface area (Å²) < 4.78 is 40.2. The van der Waals surface area contributed by atoms with Crippen molar-refractivity contribution in [3.8, 4) is 11.4 Å². The van der Waals surface area contributed by atoms with Gasteiger partial charge in [0.05, 0.1) is 5.75 Å². The molecule has 11 heteroatoms. The number of carbonyl (C=O) groups is 1. The van der Waals surface area contributed by atoms with Crippen LogP contribution in [-0.2, 0) is 11.3 Å². The first-order valence-electron chi connectivity index (χ1n) is 8.33. The zero-order chi connectivity index (χ0) is 20.9. The van der Waals surface area contributed by atoms with Crippen LogP contribution in [0.2, 0.25) is 0 Å². The summed E-state index contributed by atoms with van der Waals surface area (Å²) in [4.78, 5) is 17.1. The number of hydrogen-bond donors (Lipinski definition) is 1. The Bertz CT molecular complexity index is 979. The SMILES string of the molecule is CSc1cccc(NC(=O)CSc2nnc(-c3ccncc3)n2CC(F)(F)F)c1. The Morgan fingerprint density at radius 3 is 2.62 bits per heavy atom. The van der Waals surface area contributed by atoms with E-state index in [9.17, 15) is 18.0 Å². The summed E-state index contributed by atoms with van der Waals surface area (Å²) in [6.07, 6.45) is 0.389. The Kier molecular flexibility index (Phi) is 6.80. The molecule has 0 radical (unpaired) electrons. The molecule has 0 aliphatic heterocycles. The molecular formula is C18H16F3N5OS2. The number of anilines is 1. The number of nitrogens with one attached hydrogen (secondary N) is 1. The molecule has 1 aromatic carbocycles. The molecule has 0 saturated carbocycles. The van der Waals surface area contributed by atoms with Gasteiger partial charge in [-0.15, -0.1) is 22.0 Å². The second-order valence-corrected chi connectivity index (χ2v) is 7.63. The third-order valence-corrected chi connectivity index (χ3v) is 5.37. The highest BCUT2D eigenvalue weighted by Crippen LogP contribution is 2.28. The molecule has 1 amide bonds. The standard InChI is InChI=1S/C18H16F3N5OS2/c1-28-14-4-2-3-13(9-14)23-15(27)10-29-17-25-24-16(12-5-7-22-8-6-12)26(17)11-18(19,20)21/h2-9H,10-11H2,1H3,(H,23,27). The van der Waals surface area contributed by atoms with E-state index in [-0.39, 0.29) is 22.6 Å². The molecule has 0 fully saturated rings. The van der Waals surface area contributed by atoms with Crippen LogP contribution in [0.1, 0.15) is 0 Å². The molecular weight excluding hydrogens is 423 g/mol. The Morgan fingerprint density at radius 1 is 1.17 bits per heavy atom. The highest BCUT2D eigenvalue weighted by Gasteiger charge is 2.31. The van der Waals surface area contributed by atoms with Gasteiger partial charge in [-0.05, 0) is 36.6 Å². The van der Waals surface area contributed by atoms with Gasteiger partial charge in [-0.25, -0.2) is 0 Å². The minimum atomic E-state index is -4.46. The average Bonchev–Trinajstić information content (AvgIpc) is 3.08. The smallest absolute Gasteiger partial charge is 0.325 e. The Hall–Kier alpha value is -2.53. The fourth-order valence-corrected chi connectivity index (χ4v) is 3.66. The largest absolute Gasteiger partial charge is 0.406 e. The minimum absolute atomic E-state index is 0.0159. The number of nitrogens with zero attached hydrogens (tertiary/aromatic N) is 4. The maximum atomic E-state index is 13.1. The Morgan fingerprint density at radius 2 is 1.93 bits per heavy atom. The van der Waals surface area contributed by atoms with Crippen molar-refractivity contribution in [3.63, 3.8) is 0 Å². The zero-order valence-electron chi connectivity index (χ0n) is 15.2. The Balaban J connectivity index is 1.74. The van der Waals surface area contributed by atoms with Crippen LogP contribution in [0.15, 0.2) is 58.8 Å². The molecule has 2 heterocycles. The fourth-order valence-electron chi connectivity index (χ4n) is 2.46. The van der Waals surface area contributed by atoms with Gasteiger partial charge in [0.1, 0.15) is 6.54 Å². The number of benzene rings is 1. The summed E-state index contributed by atoms with van der Waals surface area (Å²) >= 11 is 2.44. The molecule has 0 aliphatic carbocycles. The molecule has 3 aromatic rings. The Labute approximate surface area is 173 Å². The molecule has 0 atom stereocenters. The van der Waals surface area contributed by atoms with Crippen LogP contribution in [0, 0.1) is 0 Å². The van der Waals surface area contributed by atoms with Gasteiger partial charge in [0.2, 0.25) is 5.91 Å². The lowest BCUT2D eigenvalue weighted by atomic mass is 10.2. The fraction of sp³-hybridized carbons (Fsp3) is 0.222. The van der Waals surface area contributed by atoms with E-state index in [4.69, 9.17) is 0 Å². The van der Waals surface area contributed by atoms with Crippen molar-refractivity contribution in [2.24, 2.45) is 0 Å². The number of carbonyl (C=O) groups excluding carboxylic acids is 1. The van der Waals surface area contributed by atoms with E-state index in [2.05, 4.69) is 20.5 Å². The van der Waals surface area contributed by atoms with Crippen LogP contribution in [0.4, 0.5) is 18.9 Å². The van der Waals surface area contributed by atoms with E-state index >= 15 is 0 Å². The van der Waals surface area contributed by atoms with E-state index in [1.807, 2.05) is 24.5 Å². The van der Waals surface area contributed by atoms with E-state index in [0.29, 0.717) is 11.3 Å². The number of hydrogen-bond acceptors (Lipinski definition) is 6. The van der Waals surface area contributed by atoms with Gasteiger partial charge in [-0.1, -0.05) is 17.8 Å². The van der Waals surface area contributed by atoms with Gasteiger partial charge < -0.3 is 5.32 Å². The molecule has 0 saturated heterocycles. The number of aromatic nitrogens is 4. The second-order valence-electron chi connectivity index (χ2n) is 5.81. The number of amides is 1. The van der Waals surface area contributed by atoms with Gasteiger partial charge >= 0.3 is 6.18 Å². The summed E-state index contributed by atoms with van der Waals surface area (Å²) in [7, 11) is 0. The normalized spacial score (nSPS) is 11.4. The van der Waals surface area contributed by atoms with Crippen LogP contribution in [0.5, 0.6) is 0 Å². The first kappa shape index (κ1) is 21.2. The van der Waals surface area contributed by atoms with Crippen molar-refractivity contribution >= 4 is 35.1 Å². The molecule has 152 valence electrons. The van der Waals surface area contributed by atoms with Crippen molar-refractivity contribution < 1.29 is 18.0 Å². The van der Waals surface area contributed by atoms with Crippen LogP contribution in [0.25, 0.3) is 11.4 Å². The highest BCUT2D eigenvalue weighted by atomic mass is 32.2. The number of pyridine rings is 1. The summed E-state index contributed by atoms with van der Waals surface area (Å²) in [5.41, 5.74) is 1.08. The van der Waals surface area contributed by atoms with Crippen LogP contribution in [0.3, 0.4) is 0 Å². The lowest BCUT2D eigenvalue weighted by molar-refractivity contribution is -0.141. The van der Waals surface area contributed by atoms with Gasteiger partial charge in [-0.3, -0.25) is 14.3 Å². The first-order valence-corrected chi connectivity index (χ1v) is 10.5. The minimum Gasteiger partial charge on any atom is -0.325 e. The molecule has 0 unspecified atom stereocenters. The molecule has 6 nitrogen and oxygen atoms in total. The topological polar surface area (TPSA) is 72.7 Å². The van der Waals surface area contributed by atoms with Crippen molar-refractivity contribution in [3.05, 3.63) is 48.8 Å². The number of halogens is 3. The third kappa shape index (κ3) is 5.97. The molecule has 3 rings (SSSR count). The molecule has 0 aliphatic rings. The molecule has 0 bridgehead atoms. The van der Waals surface area contributed by atoms with E-state index in [1.165, 1.54) is 24.2 Å². The summed E-state index contributed by atoms with van der Waals surface area (Å²) in [6.45, 7) is -1.25. The van der Waals surface area contributed by atoms with Crippen LogP contribution >= 0.6 is 23.5 Å². The van der Waals surface area contributed by atoms with Gasteiger partial charge in [-0.2, -0.15) is 13.2 Å². The maximum Gasteiger partial charge on any atom is 0.406 e. The maximum absolute atomic E-state index is 13.1. The van der Waals surface area contributed by atoms with Crippen LogP contribution < -0.4 is 5.32 Å². The zero-order valence-corrected chi connectivity index (χ0v) is 16.8. The molecule has 2 aromatic heterocycles. The molecule has 29 heavy (non-hydrogen) atoms. The first-order chi connectivity index (χ1) is 13.9. The predicted molar refractivity (Wildman–Crippen MR) is 107 cm³/mol. The predicted octanol–water partition coefficient (Wildman–Crippen LogP) is 4.36. The lowest BCUT2D eigenvalue weighted by Crippen LogP contribution is -2.20. The lowest BCUT2D eigenvalue weighted by Gasteiger charge is -2.12. The highest BCUT2D eigenvalue weighted by molar-refractivity contribution is 7.99. The number of rotatable bonds is 7.